The summed E-state index contributed by atoms with van der Waals surface area (Å²) in [5, 5.41) is 0. The minimum atomic E-state index is 1.29. The Balaban J connectivity index is 2.44. The highest BCUT2D eigenvalue weighted by Gasteiger charge is 2.04. The van der Waals surface area contributed by atoms with Crippen LogP contribution in [0.15, 0.2) is 18.2 Å². The van der Waals surface area contributed by atoms with Crippen LogP contribution in [0.2, 0.25) is 0 Å². The van der Waals surface area contributed by atoms with Gasteiger partial charge in [0.25, 0.3) is 0 Å². The van der Waals surface area contributed by atoms with Crippen molar-refractivity contribution in [2.24, 2.45) is 0 Å². The van der Waals surface area contributed by atoms with E-state index in [9.17, 15) is 0 Å². The van der Waals surface area contributed by atoms with Gasteiger partial charge in [-0.15, -0.1) is 0 Å². The number of hydrogen-bond acceptors (Lipinski definition) is 0. The molecule has 0 spiro atoms. The normalized spacial score (nSPS) is 11.3. The molecule has 0 aromatic heterocycles. The molecule has 0 bridgehead atoms. The standard InChI is InChI=1S/C32H58/c1-4-7-10-13-16-17-20-23-26-32-28-30(24-21-18-14-11-8-5-2)27-31(29-32)25-22-19-15-12-9-6-3/h27-29H,4-26H2,1-3H3. The quantitative estimate of drug-likeness (QED) is 0.148. The Morgan fingerprint density at radius 2 is 0.531 bits per heavy atom. The molecular weight excluding hydrogens is 384 g/mol. The van der Waals surface area contributed by atoms with Crippen molar-refractivity contribution >= 4 is 0 Å². The molecule has 0 atom stereocenters. The van der Waals surface area contributed by atoms with Gasteiger partial charge in [-0.25, -0.2) is 0 Å². The molecule has 0 radical (unpaired) electrons. The van der Waals surface area contributed by atoms with Gasteiger partial charge in [0.05, 0.1) is 0 Å². The average Bonchev–Trinajstić information content (AvgIpc) is 2.80. The highest BCUT2D eigenvalue weighted by Crippen LogP contribution is 2.19. The molecule has 0 aliphatic carbocycles. The molecule has 0 saturated carbocycles. The van der Waals surface area contributed by atoms with Crippen LogP contribution < -0.4 is 0 Å². The van der Waals surface area contributed by atoms with Gasteiger partial charge < -0.3 is 0 Å². The first kappa shape index (κ1) is 29.3. The zero-order chi connectivity index (χ0) is 23.1. The van der Waals surface area contributed by atoms with Gasteiger partial charge in [-0.2, -0.15) is 0 Å². The molecule has 0 heteroatoms. The van der Waals surface area contributed by atoms with Crippen molar-refractivity contribution in [1.82, 2.24) is 0 Å². The Kier molecular flexibility index (Phi) is 20.1. The van der Waals surface area contributed by atoms with Crippen molar-refractivity contribution in [2.75, 3.05) is 0 Å². The number of hydrogen-bond donors (Lipinski definition) is 0. The predicted molar refractivity (Wildman–Crippen MR) is 147 cm³/mol. The van der Waals surface area contributed by atoms with Crippen LogP contribution in [0.1, 0.15) is 166 Å². The lowest BCUT2D eigenvalue weighted by atomic mass is 9.95. The molecule has 0 aliphatic rings. The zero-order valence-electron chi connectivity index (χ0n) is 22.5. The lowest BCUT2D eigenvalue weighted by Gasteiger charge is -2.11. The van der Waals surface area contributed by atoms with Gasteiger partial charge >= 0.3 is 0 Å². The molecule has 0 aliphatic heterocycles. The van der Waals surface area contributed by atoms with E-state index in [-0.39, 0.29) is 0 Å². The molecule has 1 aromatic carbocycles. The summed E-state index contributed by atoms with van der Waals surface area (Å²) in [4.78, 5) is 0. The minimum Gasteiger partial charge on any atom is -0.0654 e. The first-order chi connectivity index (χ1) is 15.8. The Labute approximate surface area is 203 Å². The first-order valence-corrected chi connectivity index (χ1v) is 14.9. The second kappa shape index (κ2) is 22.0. The summed E-state index contributed by atoms with van der Waals surface area (Å²) in [6, 6.07) is 7.66. The maximum atomic E-state index is 2.55. The van der Waals surface area contributed by atoms with Gasteiger partial charge in [-0.1, -0.05) is 148 Å². The molecule has 1 rings (SSSR count). The molecular formula is C32H58. The van der Waals surface area contributed by atoms with Crippen molar-refractivity contribution in [3.05, 3.63) is 34.9 Å². The van der Waals surface area contributed by atoms with Gasteiger partial charge in [0, 0.05) is 0 Å². The minimum absolute atomic E-state index is 1.29. The fourth-order valence-electron chi connectivity index (χ4n) is 4.95. The third kappa shape index (κ3) is 16.8. The number of aryl methyl sites for hydroxylation is 3. The molecule has 0 fully saturated rings. The maximum absolute atomic E-state index is 2.55. The number of rotatable bonds is 23. The van der Waals surface area contributed by atoms with E-state index in [1.165, 1.54) is 148 Å². The van der Waals surface area contributed by atoms with Crippen molar-refractivity contribution in [1.29, 1.82) is 0 Å². The van der Waals surface area contributed by atoms with Crippen molar-refractivity contribution in [3.8, 4) is 0 Å². The van der Waals surface area contributed by atoms with E-state index in [2.05, 4.69) is 39.0 Å². The molecule has 0 unspecified atom stereocenters. The van der Waals surface area contributed by atoms with Crippen LogP contribution in [0.25, 0.3) is 0 Å². The van der Waals surface area contributed by atoms with Gasteiger partial charge in [0.15, 0.2) is 0 Å². The molecule has 32 heavy (non-hydrogen) atoms. The first-order valence-electron chi connectivity index (χ1n) is 14.9. The number of benzene rings is 1. The van der Waals surface area contributed by atoms with Crippen LogP contribution in [-0.2, 0) is 19.3 Å². The second-order valence-electron chi connectivity index (χ2n) is 10.4. The van der Waals surface area contributed by atoms with Crippen LogP contribution in [0, 0.1) is 0 Å². The number of unbranched alkanes of at least 4 members (excludes halogenated alkanes) is 17. The summed E-state index contributed by atoms with van der Waals surface area (Å²) in [5.74, 6) is 0. The Morgan fingerprint density at radius 1 is 0.312 bits per heavy atom. The summed E-state index contributed by atoms with van der Waals surface area (Å²) in [7, 11) is 0. The second-order valence-corrected chi connectivity index (χ2v) is 10.4. The fraction of sp³-hybridized carbons (Fsp3) is 0.812. The predicted octanol–water partition coefficient (Wildman–Crippen LogP) is 11.2. The largest absolute Gasteiger partial charge is 0.0654 e. The molecule has 0 heterocycles. The van der Waals surface area contributed by atoms with Gasteiger partial charge in [-0.3, -0.25) is 0 Å². The highest BCUT2D eigenvalue weighted by molar-refractivity contribution is 5.30. The molecule has 0 N–H and O–H groups in total. The summed E-state index contributed by atoms with van der Waals surface area (Å²) in [5.41, 5.74) is 4.87. The summed E-state index contributed by atoms with van der Waals surface area (Å²) in [6.45, 7) is 6.92. The monoisotopic (exact) mass is 442 g/mol. The van der Waals surface area contributed by atoms with E-state index in [0.717, 1.165) is 0 Å². The molecule has 0 saturated heterocycles. The summed E-state index contributed by atoms with van der Waals surface area (Å²) >= 11 is 0. The lowest BCUT2D eigenvalue weighted by Crippen LogP contribution is -1.96. The molecule has 0 amide bonds. The van der Waals surface area contributed by atoms with Crippen LogP contribution in [0.3, 0.4) is 0 Å². The SMILES string of the molecule is CCCCCCCCCCc1cc(CCCCCCCC)cc(CCCCCCCC)c1. The third-order valence-electron chi connectivity index (χ3n) is 7.07. The Hall–Kier alpha value is -0.780. The maximum Gasteiger partial charge on any atom is -0.0279 e. The van der Waals surface area contributed by atoms with Crippen LogP contribution >= 0.6 is 0 Å². The van der Waals surface area contributed by atoms with Crippen molar-refractivity contribution in [2.45, 2.75) is 168 Å². The van der Waals surface area contributed by atoms with Crippen LogP contribution in [0.5, 0.6) is 0 Å². The van der Waals surface area contributed by atoms with Crippen LogP contribution in [0.4, 0.5) is 0 Å². The smallest absolute Gasteiger partial charge is 0.0279 e. The van der Waals surface area contributed by atoms with Crippen molar-refractivity contribution < 1.29 is 0 Å². The summed E-state index contributed by atoms with van der Waals surface area (Å²) < 4.78 is 0. The van der Waals surface area contributed by atoms with E-state index in [0.29, 0.717) is 0 Å². The van der Waals surface area contributed by atoms with Crippen molar-refractivity contribution in [3.63, 3.8) is 0 Å². The van der Waals surface area contributed by atoms with E-state index >= 15 is 0 Å². The van der Waals surface area contributed by atoms with Gasteiger partial charge in [0.1, 0.15) is 0 Å². The van der Waals surface area contributed by atoms with Crippen LogP contribution in [-0.4, -0.2) is 0 Å². The topological polar surface area (TPSA) is 0 Å². The van der Waals surface area contributed by atoms with E-state index < -0.39 is 0 Å². The van der Waals surface area contributed by atoms with E-state index in [1.54, 1.807) is 16.7 Å². The van der Waals surface area contributed by atoms with Gasteiger partial charge in [-0.05, 0) is 55.2 Å². The van der Waals surface area contributed by atoms with Gasteiger partial charge in [0.2, 0.25) is 0 Å². The highest BCUT2D eigenvalue weighted by atomic mass is 14.1. The lowest BCUT2D eigenvalue weighted by molar-refractivity contribution is 0.575. The Morgan fingerprint density at radius 3 is 0.781 bits per heavy atom. The molecule has 0 nitrogen and oxygen atoms in total. The third-order valence-corrected chi connectivity index (χ3v) is 7.07. The Bertz CT molecular complexity index is 481. The fourth-order valence-corrected chi connectivity index (χ4v) is 4.95. The van der Waals surface area contributed by atoms with E-state index in [4.69, 9.17) is 0 Å². The molecule has 1 aromatic rings. The molecule has 186 valence electrons. The summed E-state index contributed by atoms with van der Waals surface area (Å²) in [6.07, 6.45) is 32.0. The average molecular weight is 443 g/mol. The zero-order valence-corrected chi connectivity index (χ0v) is 22.5. The van der Waals surface area contributed by atoms with E-state index in [1.807, 2.05) is 0 Å².